The van der Waals surface area contributed by atoms with Gasteiger partial charge in [-0.15, -0.1) is 0 Å². The maximum Gasteiger partial charge on any atom is 0.279 e. The van der Waals surface area contributed by atoms with Gasteiger partial charge in [-0.1, -0.05) is 37.5 Å². The van der Waals surface area contributed by atoms with Crippen LogP contribution in [0.2, 0.25) is 0 Å². The number of piperidine rings is 1. The molecule has 0 bridgehead atoms. The minimum Gasteiger partial charge on any atom is -0.366 e. The number of aryl methyl sites for hydroxylation is 1. The Labute approximate surface area is 187 Å². The second-order valence-electron chi connectivity index (χ2n) is 9.13. The second-order valence-corrected chi connectivity index (χ2v) is 9.13. The van der Waals surface area contributed by atoms with Crippen LogP contribution in [-0.2, 0) is 9.59 Å². The molecule has 5 rings (SSSR count). The number of carbonyl (C=O) groups is 2. The van der Waals surface area contributed by atoms with Crippen molar-refractivity contribution < 1.29 is 9.59 Å². The predicted molar refractivity (Wildman–Crippen MR) is 122 cm³/mol. The molecule has 32 heavy (non-hydrogen) atoms. The van der Waals surface area contributed by atoms with E-state index in [1.165, 1.54) is 9.58 Å². The number of hydrogen-bond donors (Lipinski definition) is 1. The average molecular weight is 435 g/mol. The van der Waals surface area contributed by atoms with E-state index in [2.05, 4.69) is 5.10 Å². The molecular formula is C25H30N4O3. The van der Waals surface area contributed by atoms with Gasteiger partial charge in [0.1, 0.15) is 5.70 Å². The van der Waals surface area contributed by atoms with E-state index in [-0.39, 0.29) is 29.0 Å². The summed E-state index contributed by atoms with van der Waals surface area (Å²) in [7, 11) is 0. The Kier molecular flexibility index (Phi) is 5.49. The first-order valence-electron chi connectivity index (χ1n) is 11.8. The number of hydrogen-bond acceptors (Lipinski definition) is 4. The summed E-state index contributed by atoms with van der Waals surface area (Å²) in [5, 5.41) is 3.13. The van der Waals surface area contributed by atoms with E-state index in [0.29, 0.717) is 22.6 Å². The molecule has 168 valence electrons. The molecule has 7 nitrogen and oxygen atoms in total. The van der Waals surface area contributed by atoms with E-state index in [1.54, 1.807) is 6.92 Å². The van der Waals surface area contributed by atoms with Crippen LogP contribution in [-0.4, -0.2) is 50.5 Å². The van der Waals surface area contributed by atoms with Gasteiger partial charge in [-0.3, -0.25) is 24.4 Å². The summed E-state index contributed by atoms with van der Waals surface area (Å²) in [6.07, 6.45) is 7.99. The third kappa shape index (κ3) is 3.40. The predicted octanol–water partition coefficient (Wildman–Crippen LogP) is 3.37. The molecule has 0 unspecified atom stereocenters. The van der Waals surface area contributed by atoms with Crippen molar-refractivity contribution in [2.24, 2.45) is 0 Å². The van der Waals surface area contributed by atoms with E-state index in [0.717, 1.165) is 64.5 Å². The molecule has 1 aromatic heterocycles. The quantitative estimate of drug-likeness (QED) is 0.749. The van der Waals surface area contributed by atoms with Crippen LogP contribution in [0.15, 0.2) is 40.8 Å². The number of para-hydroxylation sites is 1. The van der Waals surface area contributed by atoms with Crippen LogP contribution < -0.4 is 5.56 Å². The fourth-order valence-electron chi connectivity index (χ4n) is 5.44. The number of likely N-dealkylation sites (tertiary alicyclic amines) is 1. The molecule has 2 fully saturated rings. The highest BCUT2D eigenvalue weighted by Crippen LogP contribution is 2.37. The van der Waals surface area contributed by atoms with Crippen molar-refractivity contribution in [2.45, 2.75) is 64.3 Å². The van der Waals surface area contributed by atoms with Crippen molar-refractivity contribution >= 4 is 17.4 Å². The Morgan fingerprint density at radius 3 is 2.19 bits per heavy atom. The highest BCUT2D eigenvalue weighted by molar-refractivity contribution is 6.35. The normalized spacial score (nSPS) is 20.5. The van der Waals surface area contributed by atoms with Gasteiger partial charge in [-0.05, 0) is 51.2 Å². The number of nitrogens with zero attached hydrogens (tertiary/aromatic N) is 3. The minimum atomic E-state index is -0.304. The Morgan fingerprint density at radius 2 is 1.50 bits per heavy atom. The van der Waals surface area contributed by atoms with E-state index in [1.807, 2.05) is 35.2 Å². The van der Waals surface area contributed by atoms with Crippen molar-refractivity contribution in [1.82, 2.24) is 19.6 Å². The van der Waals surface area contributed by atoms with E-state index in [4.69, 9.17) is 0 Å². The molecule has 3 aliphatic rings. The Bertz CT molecular complexity index is 1120. The number of rotatable bonds is 4. The molecule has 1 saturated heterocycles. The number of aromatic amines is 1. The van der Waals surface area contributed by atoms with Gasteiger partial charge < -0.3 is 4.90 Å². The smallest absolute Gasteiger partial charge is 0.279 e. The van der Waals surface area contributed by atoms with Crippen LogP contribution in [0.1, 0.15) is 62.6 Å². The van der Waals surface area contributed by atoms with E-state index < -0.39 is 0 Å². The summed E-state index contributed by atoms with van der Waals surface area (Å²) in [5.74, 6) is -0.521. The standard InChI is InChI=1S/C25H30N4O3/c1-17-20(24(31)29(26-17)19-13-7-3-8-14-19)21-22(27-15-9-4-10-16-27)25(32)28(23(21)30)18-11-5-2-6-12-18/h3,7-8,13-14,18,26H,2,4-6,9-12,15-16H2,1H3. The van der Waals surface area contributed by atoms with Crippen LogP contribution >= 0.6 is 0 Å². The lowest BCUT2D eigenvalue weighted by Gasteiger charge is -2.32. The maximum atomic E-state index is 13.8. The fraction of sp³-hybridized carbons (Fsp3) is 0.480. The first kappa shape index (κ1) is 20.8. The summed E-state index contributed by atoms with van der Waals surface area (Å²) in [5.41, 5.74) is 2.06. The van der Waals surface area contributed by atoms with Gasteiger partial charge in [0, 0.05) is 24.8 Å². The van der Waals surface area contributed by atoms with Gasteiger partial charge in [-0.2, -0.15) is 0 Å². The molecule has 0 atom stereocenters. The maximum absolute atomic E-state index is 13.8. The molecule has 1 N–H and O–H groups in total. The SMILES string of the molecule is Cc1[nH]n(-c2ccccc2)c(=O)c1C1=C(N2CCCCC2)C(=O)N(C2CCCCC2)C1=O. The van der Waals surface area contributed by atoms with Crippen LogP contribution in [0.4, 0.5) is 0 Å². The van der Waals surface area contributed by atoms with Gasteiger partial charge >= 0.3 is 0 Å². The van der Waals surface area contributed by atoms with Gasteiger partial charge in [0.15, 0.2) is 0 Å². The van der Waals surface area contributed by atoms with Crippen molar-refractivity contribution in [3.8, 4) is 5.69 Å². The number of carbonyl (C=O) groups excluding carboxylic acids is 2. The zero-order valence-electron chi connectivity index (χ0n) is 18.6. The summed E-state index contributed by atoms with van der Waals surface area (Å²) in [4.78, 5) is 44.5. The van der Waals surface area contributed by atoms with Gasteiger partial charge in [0.05, 0.1) is 16.8 Å². The molecule has 1 saturated carbocycles. The molecule has 1 aliphatic carbocycles. The van der Waals surface area contributed by atoms with Gasteiger partial charge in [0.2, 0.25) is 0 Å². The average Bonchev–Trinajstić information content (AvgIpc) is 3.26. The lowest BCUT2D eigenvalue weighted by Crippen LogP contribution is -2.44. The fourth-order valence-corrected chi connectivity index (χ4v) is 5.44. The topological polar surface area (TPSA) is 78.4 Å². The second kappa shape index (κ2) is 8.45. The molecule has 2 amide bonds. The number of nitrogens with one attached hydrogen (secondary N) is 1. The van der Waals surface area contributed by atoms with Crippen molar-refractivity contribution in [3.63, 3.8) is 0 Å². The lowest BCUT2D eigenvalue weighted by molar-refractivity contribution is -0.141. The summed E-state index contributed by atoms with van der Waals surface area (Å²) in [6.45, 7) is 3.29. The molecular weight excluding hydrogens is 404 g/mol. The van der Waals surface area contributed by atoms with E-state index in [9.17, 15) is 14.4 Å². The third-order valence-corrected chi connectivity index (χ3v) is 7.04. The molecule has 2 aromatic rings. The Balaban J connectivity index is 1.64. The lowest BCUT2D eigenvalue weighted by atomic mass is 9.94. The Morgan fingerprint density at radius 1 is 0.844 bits per heavy atom. The Hall–Kier alpha value is -3.09. The number of amides is 2. The van der Waals surface area contributed by atoms with Crippen LogP contribution in [0.5, 0.6) is 0 Å². The van der Waals surface area contributed by atoms with Crippen LogP contribution in [0, 0.1) is 6.92 Å². The molecule has 0 radical (unpaired) electrons. The molecule has 3 heterocycles. The highest BCUT2D eigenvalue weighted by atomic mass is 16.2. The van der Waals surface area contributed by atoms with E-state index >= 15 is 0 Å². The first-order chi connectivity index (χ1) is 15.6. The van der Waals surface area contributed by atoms with Gasteiger partial charge in [0.25, 0.3) is 17.4 Å². The monoisotopic (exact) mass is 434 g/mol. The number of H-pyrrole nitrogens is 1. The first-order valence-corrected chi connectivity index (χ1v) is 11.8. The molecule has 2 aliphatic heterocycles. The summed E-state index contributed by atoms with van der Waals surface area (Å²) < 4.78 is 1.46. The van der Waals surface area contributed by atoms with Crippen LogP contribution in [0.3, 0.4) is 0 Å². The molecule has 7 heteroatoms. The number of aromatic nitrogens is 2. The largest absolute Gasteiger partial charge is 0.366 e. The summed E-state index contributed by atoms with van der Waals surface area (Å²) >= 11 is 0. The zero-order valence-corrected chi connectivity index (χ0v) is 18.6. The minimum absolute atomic E-state index is 0.0726. The highest BCUT2D eigenvalue weighted by Gasteiger charge is 2.46. The van der Waals surface area contributed by atoms with Gasteiger partial charge in [-0.25, -0.2) is 4.68 Å². The number of imide groups is 1. The number of benzene rings is 1. The molecule has 0 spiro atoms. The zero-order chi connectivity index (χ0) is 22.2. The van der Waals surface area contributed by atoms with Crippen molar-refractivity contribution in [1.29, 1.82) is 0 Å². The third-order valence-electron chi connectivity index (χ3n) is 7.04. The summed E-state index contributed by atoms with van der Waals surface area (Å²) in [6, 6.07) is 9.24. The van der Waals surface area contributed by atoms with Crippen molar-refractivity contribution in [3.05, 3.63) is 57.6 Å². The van der Waals surface area contributed by atoms with Crippen molar-refractivity contribution in [2.75, 3.05) is 13.1 Å². The molecule has 1 aromatic carbocycles. The van der Waals surface area contributed by atoms with Crippen LogP contribution in [0.25, 0.3) is 11.3 Å².